The molecule has 2 aromatic carbocycles. The molecule has 7 heteroatoms. The van der Waals surface area contributed by atoms with Gasteiger partial charge in [0.25, 0.3) is 0 Å². The van der Waals surface area contributed by atoms with E-state index in [2.05, 4.69) is 0 Å². The van der Waals surface area contributed by atoms with Crippen molar-refractivity contribution in [3.63, 3.8) is 0 Å². The van der Waals surface area contributed by atoms with Crippen molar-refractivity contribution in [3.05, 3.63) is 69.7 Å². The van der Waals surface area contributed by atoms with Crippen molar-refractivity contribution in [1.29, 1.82) is 0 Å². The molecule has 0 amide bonds. The number of aromatic carboxylic acids is 1. The fraction of sp³-hybridized carbons (Fsp3) is 0.0667. The average Bonchev–Trinajstić information content (AvgIpc) is 2.45. The third kappa shape index (κ3) is 2.96. The van der Waals surface area contributed by atoms with E-state index in [1.807, 2.05) is 0 Å². The molecule has 3 nitrogen and oxygen atoms in total. The predicted molar refractivity (Wildman–Crippen MR) is 73.3 cm³/mol. The molecule has 0 aliphatic carbocycles. The molecule has 0 radical (unpaired) electrons. The molecular weight excluding hydrogens is 321 g/mol. The van der Waals surface area contributed by atoms with Crippen LogP contribution in [0.3, 0.4) is 0 Å². The van der Waals surface area contributed by atoms with E-state index in [4.69, 9.17) is 16.7 Å². The molecule has 0 heterocycles. The second kappa shape index (κ2) is 5.81. The maximum Gasteiger partial charge on any atom is 0.417 e. The summed E-state index contributed by atoms with van der Waals surface area (Å²) in [4.78, 5) is 23.5. The highest BCUT2D eigenvalue weighted by atomic mass is 35.5. The summed E-state index contributed by atoms with van der Waals surface area (Å²) >= 11 is 5.68. The number of alkyl halides is 3. The zero-order valence-electron chi connectivity index (χ0n) is 10.8. The van der Waals surface area contributed by atoms with Crippen molar-refractivity contribution in [2.24, 2.45) is 0 Å². The Morgan fingerprint density at radius 1 is 1.00 bits per heavy atom. The summed E-state index contributed by atoms with van der Waals surface area (Å²) in [7, 11) is 0. The number of carboxylic acids is 1. The third-order valence-electron chi connectivity index (χ3n) is 2.94. The summed E-state index contributed by atoms with van der Waals surface area (Å²) in [6, 6.07) is 8.64. The lowest BCUT2D eigenvalue weighted by molar-refractivity contribution is -0.137. The van der Waals surface area contributed by atoms with Crippen LogP contribution in [0.15, 0.2) is 42.5 Å². The highest BCUT2D eigenvalue weighted by molar-refractivity contribution is 6.36. The number of benzene rings is 2. The van der Waals surface area contributed by atoms with Gasteiger partial charge in [-0.05, 0) is 12.1 Å². The number of ketones is 1. The molecule has 0 fully saturated rings. The van der Waals surface area contributed by atoms with Gasteiger partial charge in [0.2, 0.25) is 0 Å². The van der Waals surface area contributed by atoms with Gasteiger partial charge in [0.1, 0.15) is 0 Å². The molecule has 0 unspecified atom stereocenters. The van der Waals surface area contributed by atoms with Crippen LogP contribution in [0, 0.1) is 0 Å². The minimum atomic E-state index is -4.79. The first-order chi connectivity index (χ1) is 10.2. The van der Waals surface area contributed by atoms with Crippen LogP contribution in [-0.2, 0) is 6.18 Å². The summed E-state index contributed by atoms with van der Waals surface area (Å²) in [6.07, 6.45) is -4.79. The highest BCUT2D eigenvalue weighted by Crippen LogP contribution is 2.38. The van der Waals surface area contributed by atoms with E-state index < -0.39 is 39.6 Å². The SMILES string of the molecule is O=C(O)c1ccc(C(F)(F)F)c(Cl)c1C(=O)c1ccccc1. The first-order valence-corrected chi connectivity index (χ1v) is 6.34. The molecule has 0 aromatic heterocycles. The molecule has 114 valence electrons. The molecule has 0 atom stereocenters. The Labute approximate surface area is 128 Å². The average molecular weight is 329 g/mol. The van der Waals surface area contributed by atoms with Crippen LogP contribution in [0.2, 0.25) is 5.02 Å². The summed E-state index contributed by atoms with van der Waals surface area (Å²) in [6.45, 7) is 0. The molecule has 0 saturated carbocycles. The predicted octanol–water partition coefficient (Wildman–Crippen LogP) is 4.29. The molecule has 0 saturated heterocycles. The normalized spacial score (nSPS) is 11.3. The van der Waals surface area contributed by atoms with Gasteiger partial charge in [0, 0.05) is 5.56 Å². The molecule has 22 heavy (non-hydrogen) atoms. The molecule has 0 aliphatic rings. The minimum absolute atomic E-state index is 0.0474. The lowest BCUT2D eigenvalue weighted by Gasteiger charge is -2.14. The van der Waals surface area contributed by atoms with Gasteiger partial charge in [-0.15, -0.1) is 0 Å². The molecule has 0 aliphatic heterocycles. The Morgan fingerprint density at radius 2 is 1.59 bits per heavy atom. The number of carbonyl (C=O) groups is 2. The number of carboxylic acid groups (broad SMARTS) is 1. The van der Waals surface area contributed by atoms with E-state index in [0.29, 0.717) is 6.07 Å². The lowest BCUT2D eigenvalue weighted by atomic mass is 9.96. The van der Waals surface area contributed by atoms with Crippen LogP contribution in [0.4, 0.5) is 13.2 Å². The number of rotatable bonds is 3. The van der Waals surface area contributed by atoms with E-state index >= 15 is 0 Å². The van der Waals surface area contributed by atoms with Crippen molar-refractivity contribution >= 4 is 23.4 Å². The van der Waals surface area contributed by atoms with Crippen molar-refractivity contribution in [2.45, 2.75) is 6.18 Å². The summed E-state index contributed by atoms with van der Waals surface area (Å²) in [5, 5.41) is 8.17. The van der Waals surface area contributed by atoms with E-state index in [0.717, 1.165) is 6.07 Å². The van der Waals surface area contributed by atoms with Crippen molar-refractivity contribution in [1.82, 2.24) is 0 Å². The zero-order valence-corrected chi connectivity index (χ0v) is 11.6. The first-order valence-electron chi connectivity index (χ1n) is 5.96. The molecule has 2 aromatic rings. The smallest absolute Gasteiger partial charge is 0.417 e. The molecule has 0 spiro atoms. The molecule has 2 rings (SSSR count). The van der Waals surface area contributed by atoms with Crippen molar-refractivity contribution in [3.8, 4) is 0 Å². The van der Waals surface area contributed by atoms with E-state index in [-0.39, 0.29) is 5.56 Å². The van der Waals surface area contributed by atoms with Crippen LogP contribution in [0.5, 0.6) is 0 Å². The summed E-state index contributed by atoms with van der Waals surface area (Å²) < 4.78 is 38.7. The highest BCUT2D eigenvalue weighted by Gasteiger charge is 2.36. The van der Waals surface area contributed by atoms with Crippen LogP contribution in [-0.4, -0.2) is 16.9 Å². The van der Waals surface area contributed by atoms with Gasteiger partial charge in [-0.2, -0.15) is 13.2 Å². The topological polar surface area (TPSA) is 54.4 Å². The van der Waals surface area contributed by atoms with Crippen molar-refractivity contribution in [2.75, 3.05) is 0 Å². The minimum Gasteiger partial charge on any atom is -0.478 e. The van der Waals surface area contributed by atoms with Gasteiger partial charge in [0.05, 0.1) is 21.7 Å². The molecule has 1 N–H and O–H groups in total. The quantitative estimate of drug-likeness (QED) is 0.855. The second-order valence-corrected chi connectivity index (χ2v) is 4.73. The number of halogens is 4. The van der Waals surface area contributed by atoms with Gasteiger partial charge in [-0.3, -0.25) is 4.79 Å². The van der Waals surface area contributed by atoms with Crippen LogP contribution in [0.1, 0.15) is 31.8 Å². The van der Waals surface area contributed by atoms with Gasteiger partial charge in [-0.25, -0.2) is 4.79 Å². The van der Waals surface area contributed by atoms with Gasteiger partial charge < -0.3 is 5.11 Å². The Morgan fingerprint density at radius 3 is 2.09 bits per heavy atom. The van der Waals surface area contributed by atoms with Gasteiger partial charge in [-0.1, -0.05) is 41.9 Å². The summed E-state index contributed by atoms with van der Waals surface area (Å²) in [5.74, 6) is -2.41. The molecule has 0 bridgehead atoms. The monoisotopic (exact) mass is 328 g/mol. The number of carbonyl (C=O) groups excluding carboxylic acids is 1. The van der Waals surface area contributed by atoms with Gasteiger partial charge >= 0.3 is 12.1 Å². The number of hydrogen-bond donors (Lipinski definition) is 1. The largest absolute Gasteiger partial charge is 0.478 e. The van der Waals surface area contributed by atoms with E-state index in [9.17, 15) is 22.8 Å². The van der Waals surface area contributed by atoms with Crippen LogP contribution in [0.25, 0.3) is 0 Å². The Bertz CT molecular complexity index is 740. The summed E-state index contributed by atoms with van der Waals surface area (Å²) in [5.41, 5.74) is -2.45. The Kier molecular flexibility index (Phi) is 4.23. The fourth-order valence-corrected chi connectivity index (χ4v) is 2.29. The maximum atomic E-state index is 12.9. The first kappa shape index (κ1) is 16.0. The van der Waals surface area contributed by atoms with Crippen molar-refractivity contribution < 1.29 is 27.9 Å². The van der Waals surface area contributed by atoms with Gasteiger partial charge in [0.15, 0.2) is 5.78 Å². The zero-order chi connectivity index (χ0) is 16.5. The van der Waals surface area contributed by atoms with Crippen LogP contribution >= 0.6 is 11.6 Å². The Hall–Kier alpha value is -2.34. The standard InChI is InChI=1S/C15H8ClF3O3/c16-12-10(15(17,18)19)7-6-9(14(21)22)11(12)13(20)8-4-2-1-3-5-8/h1-7H,(H,21,22). The van der Waals surface area contributed by atoms with E-state index in [1.165, 1.54) is 24.3 Å². The maximum absolute atomic E-state index is 12.9. The molecular formula is C15H8ClF3O3. The van der Waals surface area contributed by atoms with Crippen LogP contribution < -0.4 is 0 Å². The third-order valence-corrected chi connectivity index (χ3v) is 3.33. The Balaban J connectivity index is 2.72. The van der Waals surface area contributed by atoms with E-state index in [1.54, 1.807) is 6.07 Å². The second-order valence-electron chi connectivity index (χ2n) is 4.35. The number of hydrogen-bond acceptors (Lipinski definition) is 2. The fourth-order valence-electron chi connectivity index (χ4n) is 1.93. The lowest BCUT2D eigenvalue weighted by Crippen LogP contribution is -2.15.